The molecule has 0 saturated carbocycles. The molecule has 20 heavy (non-hydrogen) atoms. The Hall–Kier alpha value is -1.92. The zero-order valence-corrected chi connectivity index (χ0v) is 11.9. The van der Waals surface area contributed by atoms with Crippen molar-refractivity contribution in [3.05, 3.63) is 15.8 Å². The zero-order chi connectivity index (χ0) is 14.7. The summed E-state index contributed by atoms with van der Waals surface area (Å²) in [7, 11) is 1.71. The van der Waals surface area contributed by atoms with E-state index in [0.29, 0.717) is 24.5 Å². The maximum atomic E-state index is 11.4. The van der Waals surface area contributed by atoms with Crippen LogP contribution in [0.2, 0.25) is 0 Å². The molecule has 0 radical (unpaired) electrons. The lowest BCUT2D eigenvalue weighted by Crippen LogP contribution is -2.42. The van der Waals surface area contributed by atoms with Gasteiger partial charge in [0.15, 0.2) is 0 Å². The lowest BCUT2D eigenvalue weighted by molar-refractivity contribution is -0.384. The van der Waals surface area contributed by atoms with Gasteiger partial charge in [0.25, 0.3) is 0 Å². The highest BCUT2D eigenvalue weighted by Crippen LogP contribution is 2.35. The van der Waals surface area contributed by atoms with E-state index in [-0.39, 0.29) is 16.7 Å². The third-order valence-corrected chi connectivity index (χ3v) is 3.71. The van der Waals surface area contributed by atoms with Crippen LogP contribution in [0.5, 0.6) is 0 Å². The molecule has 1 saturated heterocycles. The van der Waals surface area contributed by atoms with Crippen LogP contribution in [0, 0.1) is 10.1 Å². The van der Waals surface area contributed by atoms with Gasteiger partial charge >= 0.3 is 5.69 Å². The normalized spacial score (nSPS) is 19.1. The van der Waals surface area contributed by atoms with Crippen LogP contribution in [0.15, 0.2) is 0 Å². The molecule has 2 heterocycles. The molecule has 1 fully saturated rings. The maximum absolute atomic E-state index is 11.4. The van der Waals surface area contributed by atoms with Gasteiger partial charge in [0.05, 0.1) is 11.0 Å². The first-order valence-electron chi connectivity index (χ1n) is 7.02. The average Bonchev–Trinajstić information content (AvgIpc) is 2.75. The smallest absolute Gasteiger partial charge is 0.334 e. The Kier molecular flexibility index (Phi) is 4.36. The van der Waals surface area contributed by atoms with Gasteiger partial charge in [-0.05, 0) is 25.7 Å². The Balaban J connectivity index is 2.48. The number of hydrogen-bond donors (Lipinski definition) is 0. The lowest BCUT2D eigenvalue weighted by atomic mass is 10.0. The van der Waals surface area contributed by atoms with E-state index in [1.165, 1.54) is 0 Å². The van der Waals surface area contributed by atoms with Crippen molar-refractivity contribution in [3.63, 3.8) is 0 Å². The summed E-state index contributed by atoms with van der Waals surface area (Å²) in [5.74, 6) is 0.468. The van der Waals surface area contributed by atoms with Gasteiger partial charge in [0.1, 0.15) is 12.0 Å². The molecule has 0 spiro atoms. The average molecular weight is 280 g/mol. The number of aromatic nitrogens is 2. The first kappa shape index (κ1) is 14.5. The number of nitrogens with zero attached hydrogens (tertiary/aromatic N) is 4. The molecule has 1 aliphatic heterocycles. The molecule has 0 bridgehead atoms. The minimum Gasteiger partial charge on any atom is -0.341 e. The number of nitro groups is 1. The maximum Gasteiger partial charge on any atom is 0.334 e. The highest BCUT2D eigenvalue weighted by atomic mass is 16.6. The van der Waals surface area contributed by atoms with Crippen LogP contribution in [-0.2, 0) is 18.3 Å². The van der Waals surface area contributed by atoms with E-state index in [4.69, 9.17) is 0 Å². The fourth-order valence-corrected chi connectivity index (χ4v) is 2.83. The second-order valence-electron chi connectivity index (χ2n) is 5.14. The van der Waals surface area contributed by atoms with Crippen molar-refractivity contribution in [2.45, 2.75) is 45.1 Å². The number of rotatable bonds is 5. The van der Waals surface area contributed by atoms with Crippen molar-refractivity contribution in [3.8, 4) is 0 Å². The molecule has 0 aromatic carbocycles. The van der Waals surface area contributed by atoms with Gasteiger partial charge < -0.3 is 9.69 Å². The minimum atomic E-state index is -0.371. The van der Waals surface area contributed by atoms with E-state index in [2.05, 4.69) is 5.10 Å². The molecule has 2 rings (SSSR count). The summed E-state index contributed by atoms with van der Waals surface area (Å²) in [5, 5.41) is 15.7. The third kappa shape index (κ3) is 2.52. The summed E-state index contributed by atoms with van der Waals surface area (Å²) in [6, 6.07) is -0.285. The second kappa shape index (κ2) is 6.02. The summed E-state index contributed by atoms with van der Waals surface area (Å²) >= 11 is 0. The van der Waals surface area contributed by atoms with E-state index in [9.17, 15) is 14.9 Å². The van der Waals surface area contributed by atoms with Gasteiger partial charge in [-0.1, -0.05) is 13.3 Å². The standard InChI is InChI=1S/C13H20N4O3/c1-3-6-11-12(17(19)20)13(15(2)14-11)16-8-5-4-7-10(16)9-18/h9-10H,3-8H2,1-2H3. The number of aldehydes is 1. The monoisotopic (exact) mass is 280 g/mol. The van der Waals surface area contributed by atoms with Crippen LogP contribution in [-0.4, -0.2) is 33.6 Å². The van der Waals surface area contributed by atoms with Crippen LogP contribution in [0.1, 0.15) is 38.3 Å². The van der Waals surface area contributed by atoms with Gasteiger partial charge in [-0.3, -0.25) is 10.1 Å². The third-order valence-electron chi connectivity index (χ3n) is 3.71. The topological polar surface area (TPSA) is 81.3 Å². The number of aryl methyl sites for hydroxylation is 2. The van der Waals surface area contributed by atoms with Crippen molar-refractivity contribution in [1.29, 1.82) is 0 Å². The molecule has 7 heteroatoms. The van der Waals surface area contributed by atoms with Crippen molar-refractivity contribution >= 4 is 17.8 Å². The summed E-state index contributed by atoms with van der Waals surface area (Å²) < 4.78 is 1.55. The van der Waals surface area contributed by atoms with Crippen molar-refractivity contribution in [2.24, 2.45) is 7.05 Å². The molecule has 1 aromatic rings. The van der Waals surface area contributed by atoms with Crippen molar-refractivity contribution in [2.75, 3.05) is 11.4 Å². The molecule has 0 N–H and O–H groups in total. The number of hydrogen-bond acceptors (Lipinski definition) is 5. The minimum absolute atomic E-state index is 0.0584. The van der Waals surface area contributed by atoms with Crippen LogP contribution >= 0.6 is 0 Å². The highest BCUT2D eigenvalue weighted by Gasteiger charge is 2.34. The molecular weight excluding hydrogens is 260 g/mol. The first-order valence-corrected chi connectivity index (χ1v) is 7.02. The van der Waals surface area contributed by atoms with E-state index >= 15 is 0 Å². The van der Waals surface area contributed by atoms with Crippen LogP contribution in [0.3, 0.4) is 0 Å². The van der Waals surface area contributed by atoms with E-state index < -0.39 is 0 Å². The van der Waals surface area contributed by atoms with Crippen LogP contribution < -0.4 is 4.90 Å². The fraction of sp³-hybridized carbons (Fsp3) is 0.692. The van der Waals surface area contributed by atoms with E-state index in [1.807, 2.05) is 11.8 Å². The van der Waals surface area contributed by atoms with Crippen LogP contribution in [0.25, 0.3) is 0 Å². The molecule has 110 valence electrons. The zero-order valence-electron chi connectivity index (χ0n) is 11.9. The summed E-state index contributed by atoms with van der Waals surface area (Å²) in [6.45, 7) is 2.63. The van der Waals surface area contributed by atoms with E-state index in [0.717, 1.165) is 32.0 Å². The predicted molar refractivity (Wildman–Crippen MR) is 74.9 cm³/mol. The Morgan fingerprint density at radius 2 is 2.25 bits per heavy atom. The SMILES string of the molecule is CCCc1nn(C)c(N2CCCCC2C=O)c1[N+](=O)[O-]. The second-order valence-corrected chi connectivity index (χ2v) is 5.14. The lowest BCUT2D eigenvalue weighted by Gasteiger charge is -2.33. The number of anilines is 1. The molecule has 1 aliphatic rings. The summed E-state index contributed by atoms with van der Waals surface area (Å²) in [5.41, 5.74) is 0.563. The Morgan fingerprint density at radius 3 is 2.85 bits per heavy atom. The number of piperidine rings is 1. The largest absolute Gasteiger partial charge is 0.341 e. The van der Waals surface area contributed by atoms with Crippen molar-refractivity contribution < 1.29 is 9.72 Å². The molecule has 0 amide bonds. The van der Waals surface area contributed by atoms with Gasteiger partial charge in [-0.2, -0.15) is 5.10 Å². The van der Waals surface area contributed by atoms with Gasteiger partial charge in [-0.15, -0.1) is 0 Å². The Morgan fingerprint density at radius 1 is 1.50 bits per heavy atom. The highest BCUT2D eigenvalue weighted by molar-refractivity contribution is 5.70. The Labute approximate surface area is 117 Å². The van der Waals surface area contributed by atoms with Crippen molar-refractivity contribution in [1.82, 2.24) is 9.78 Å². The quantitative estimate of drug-likeness (QED) is 0.467. The number of carbonyl (C=O) groups excluding carboxylic acids is 1. The molecular formula is C13H20N4O3. The molecule has 1 atom stereocenters. The van der Waals surface area contributed by atoms with Gasteiger partial charge in [-0.25, -0.2) is 4.68 Å². The molecule has 0 aliphatic carbocycles. The molecule has 7 nitrogen and oxygen atoms in total. The Bertz CT molecular complexity index is 512. The van der Waals surface area contributed by atoms with E-state index in [1.54, 1.807) is 11.7 Å². The van der Waals surface area contributed by atoms with Crippen LogP contribution in [0.4, 0.5) is 11.5 Å². The van der Waals surface area contributed by atoms with Gasteiger partial charge in [0.2, 0.25) is 5.82 Å². The van der Waals surface area contributed by atoms with Gasteiger partial charge in [0, 0.05) is 13.6 Å². The fourth-order valence-electron chi connectivity index (χ4n) is 2.83. The molecule has 1 unspecified atom stereocenters. The number of carbonyl (C=O) groups is 1. The summed E-state index contributed by atoms with van der Waals surface area (Å²) in [6.07, 6.45) is 4.92. The predicted octanol–water partition coefficient (Wildman–Crippen LogP) is 1.84. The molecule has 1 aromatic heterocycles. The first-order chi connectivity index (χ1) is 9.60. The summed E-state index contributed by atoms with van der Waals surface area (Å²) in [4.78, 5) is 24.1.